The van der Waals surface area contributed by atoms with Crippen LogP contribution in [0.15, 0.2) is 90.3 Å². The Morgan fingerprint density at radius 3 is 2.48 bits per heavy atom. The number of rotatable bonds is 10. The van der Waals surface area contributed by atoms with Crippen LogP contribution in [0.1, 0.15) is 17.5 Å². The Kier molecular flexibility index (Phi) is 8.48. The second kappa shape index (κ2) is 12.9. The number of carbonyl (C=O) groups is 1. The number of hydrazone groups is 1. The van der Waals surface area contributed by atoms with Gasteiger partial charge in [-0.05, 0) is 47.5 Å². The van der Waals surface area contributed by atoms with Crippen molar-refractivity contribution in [2.24, 2.45) is 5.10 Å². The summed E-state index contributed by atoms with van der Waals surface area (Å²) in [4.78, 5) is 17.4. The predicted octanol–water partition coefficient (Wildman–Crippen LogP) is 4.54. The van der Waals surface area contributed by atoms with Crippen LogP contribution in [0.5, 0.6) is 17.2 Å². The maximum Gasteiger partial charge on any atom is 0.241 e. The summed E-state index contributed by atoms with van der Waals surface area (Å²) in [6.07, 6.45) is 6.21. The first-order valence-corrected chi connectivity index (χ1v) is 14.2. The standard InChI is InChI=1S/C33H35N5O4/c1-40-29-10-8-26(9-11-29)30-23-38(28-5-3-2-4-6-28)22-27(30)20-34-35-33(39)13-14-36-15-17-37(18-16-36)21-25-7-12-31-32(19-25)42-24-41-31/h2-12,19-20,22-23H,13-18,21,24H2,1H3,(H,35,39)/b34-20-. The lowest BCUT2D eigenvalue weighted by Crippen LogP contribution is -2.46. The molecule has 0 saturated carbocycles. The molecule has 1 aromatic heterocycles. The lowest BCUT2D eigenvalue weighted by atomic mass is 10.1. The Hall–Kier alpha value is -4.60. The van der Waals surface area contributed by atoms with E-state index in [1.165, 1.54) is 5.56 Å². The highest BCUT2D eigenvalue weighted by Gasteiger charge is 2.19. The minimum atomic E-state index is -0.0949. The van der Waals surface area contributed by atoms with E-state index in [4.69, 9.17) is 14.2 Å². The van der Waals surface area contributed by atoms with Crippen molar-refractivity contribution in [3.8, 4) is 34.1 Å². The number of nitrogens with zero attached hydrogens (tertiary/aromatic N) is 4. The molecule has 42 heavy (non-hydrogen) atoms. The average molecular weight is 566 g/mol. The molecule has 2 aliphatic heterocycles. The van der Waals surface area contributed by atoms with Crippen LogP contribution in [0, 0.1) is 0 Å². The van der Waals surface area contributed by atoms with Crippen molar-refractivity contribution in [1.82, 2.24) is 19.8 Å². The van der Waals surface area contributed by atoms with Crippen molar-refractivity contribution in [1.29, 1.82) is 0 Å². The first-order chi connectivity index (χ1) is 20.6. The van der Waals surface area contributed by atoms with E-state index in [0.717, 1.165) is 72.4 Å². The molecule has 3 heterocycles. The third-order valence-electron chi connectivity index (χ3n) is 7.67. The maximum atomic E-state index is 12.6. The Morgan fingerprint density at radius 2 is 1.69 bits per heavy atom. The predicted molar refractivity (Wildman–Crippen MR) is 162 cm³/mol. The zero-order valence-corrected chi connectivity index (χ0v) is 23.7. The smallest absolute Gasteiger partial charge is 0.241 e. The van der Waals surface area contributed by atoms with E-state index in [1.807, 2.05) is 54.7 Å². The lowest BCUT2D eigenvalue weighted by Gasteiger charge is -2.34. The molecule has 216 valence electrons. The molecule has 0 radical (unpaired) electrons. The minimum absolute atomic E-state index is 0.0949. The fourth-order valence-corrected chi connectivity index (χ4v) is 5.29. The van der Waals surface area contributed by atoms with Crippen molar-refractivity contribution in [3.63, 3.8) is 0 Å². The van der Waals surface area contributed by atoms with Gasteiger partial charge in [0.15, 0.2) is 11.5 Å². The van der Waals surface area contributed by atoms with Gasteiger partial charge in [-0.15, -0.1) is 0 Å². The second-order valence-corrected chi connectivity index (χ2v) is 10.4. The fraction of sp³-hybridized carbons (Fsp3) is 0.273. The maximum absolute atomic E-state index is 12.6. The summed E-state index contributed by atoms with van der Waals surface area (Å²) in [7, 11) is 1.66. The summed E-state index contributed by atoms with van der Waals surface area (Å²) >= 11 is 0. The van der Waals surface area contributed by atoms with Crippen molar-refractivity contribution in [3.05, 3.63) is 96.3 Å². The van der Waals surface area contributed by atoms with Gasteiger partial charge in [0.05, 0.1) is 13.3 Å². The van der Waals surface area contributed by atoms with Crippen LogP contribution >= 0.6 is 0 Å². The van der Waals surface area contributed by atoms with E-state index in [-0.39, 0.29) is 5.91 Å². The number of hydrogen-bond acceptors (Lipinski definition) is 7. The summed E-state index contributed by atoms with van der Waals surface area (Å²) < 4.78 is 18.3. The van der Waals surface area contributed by atoms with Gasteiger partial charge in [-0.3, -0.25) is 9.69 Å². The Labute approximate surface area is 245 Å². The second-order valence-electron chi connectivity index (χ2n) is 10.4. The third kappa shape index (κ3) is 6.64. The number of fused-ring (bicyclic) bond motifs is 1. The minimum Gasteiger partial charge on any atom is -0.497 e. The molecular formula is C33H35N5O4. The number of methoxy groups -OCH3 is 1. The van der Waals surface area contributed by atoms with Gasteiger partial charge in [0.2, 0.25) is 12.7 Å². The van der Waals surface area contributed by atoms with Gasteiger partial charge in [0, 0.05) is 74.9 Å². The molecule has 0 bridgehead atoms. The number of carbonyl (C=O) groups excluding carboxylic acids is 1. The topological polar surface area (TPSA) is 80.6 Å². The van der Waals surface area contributed by atoms with Gasteiger partial charge in [0.25, 0.3) is 0 Å². The van der Waals surface area contributed by atoms with Crippen LogP contribution in [0.2, 0.25) is 0 Å². The number of piperazine rings is 1. The molecule has 1 saturated heterocycles. The van der Waals surface area contributed by atoms with Crippen molar-refractivity contribution in [2.75, 3.05) is 46.6 Å². The van der Waals surface area contributed by atoms with Crippen LogP contribution in [0.3, 0.4) is 0 Å². The SMILES string of the molecule is COc1ccc(-c2cn(-c3ccccc3)cc2/C=N\NC(=O)CCN2CCN(Cc3ccc4c(c3)OCO4)CC2)cc1. The molecule has 0 atom stereocenters. The van der Waals surface area contributed by atoms with E-state index in [0.29, 0.717) is 19.8 Å². The van der Waals surface area contributed by atoms with Crippen LogP contribution in [-0.2, 0) is 11.3 Å². The van der Waals surface area contributed by atoms with E-state index in [2.05, 4.69) is 55.4 Å². The zero-order valence-electron chi connectivity index (χ0n) is 23.7. The van der Waals surface area contributed by atoms with Crippen LogP contribution < -0.4 is 19.6 Å². The number of hydrogen-bond donors (Lipinski definition) is 1. The normalized spacial score (nSPS) is 15.3. The first kappa shape index (κ1) is 27.6. The fourth-order valence-electron chi connectivity index (χ4n) is 5.29. The molecule has 1 amide bonds. The number of para-hydroxylation sites is 1. The molecule has 3 aromatic carbocycles. The van der Waals surface area contributed by atoms with Gasteiger partial charge in [-0.1, -0.05) is 36.4 Å². The molecule has 6 rings (SSSR count). The van der Waals surface area contributed by atoms with E-state index in [9.17, 15) is 4.79 Å². The molecule has 0 spiro atoms. The molecule has 0 aliphatic carbocycles. The van der Waals surface area contributed by atoms with Crippen LogP contribution in [0.4, 0.5) is 0 Å². The zero-order chi connectivity index (χ0) is 28.7. The van der Waals surface area contributed by atoms with E-state index >= 15 is 0 Å². The quantitative estimate of drug-likeness (QED) is 0.225. The number of benzene rings is 3. The van der Waals surface area contributed by atoms with Gasteiger partial charge in [-0.25, -0.2) is 5.43 Å². The summed E-state index contributed by atoms with van der Waals surface area (Å²) in [6.45, 7) is 5.66. The Bertz CT molecular complexity index is 1530. The van der Waals surface area contributed by atoms with Gasteiger partial charge < -0.3 is 23.7 Å². The van der Waals surface area contributed by atoms with Crippen molar-refractivity contribution in [2.45, 2.75) is 13.0 Å². The highest BCUT2D eigenvalue weighted by atomic mass is 16.7. The highest BCUT2D eigenvalue weighted by molar-refractivity contribution is 5.91. The first-order valence-electron chi connectivity index (χ1n) is 14.2. The van der Waals surface area contributed by atoms with Crippen LogP contribution in [0.25, 0.3) is 16.8 Å². The highest BCUT2D eigenvalue weighted by Crippen LogP contribution is 2.33. The molecule has 9 heteroatoms. The summed E-state index contributed by atoms with van der Waals surface area (Å²) in [5.74, 6) is 2.34. The van der Waals surface area contributed by atoms with Crippen LogP contribution in [-0.4, -0.2) is 73.1 Å². The number of aromatic nitrogens is 1. The monoisotopic (exact) mass is 565 g/mol. The van der Waals surface area contributed by atoms with Gasteiger partial charge in [-0.2, -0.15) is 5.10 Å². The summed E-state index contributed by atoms with van der Waals surface area (Å²) in [5, 5.41) is 4.31. The Morgan fingerprint density at radius 1 is 0.929 bits per heavy atom. The van der Waals surface area contributed by atoms with E-state index in [1.54, 1.807) is 13.3 Å². The summed E-state index contributed by atoms with van der Waals surface area (Å²) in [5.41, 5.74) is 7.95. The number of amides is 1. The lowest BCUT2D eigenvalue weighted by molar-refractivity contribution is -0.121. The molecule has 0 unspecified atom stereocenters. The largest absolute Gasteiger partial charge is 0.497 e. The summed E-state index contributed by atoms with van der Waals surface area (Å²) in [6, 6.07) is 24.2. The number of nitrogens with one attached hydrogen (secondary N) is 1. The van der Waals surface area contributed by atoms with Gasteiger partial charge in [0.1, 0.15) is 5.75 Å². The third-order valence-corrected chi connectivity index (χ3v) is 7.67. The molecule has 1 fully saturated rings. The average Bonchev–Trinajstić information content (AvgIpc) is 3.68. The van der Waals surface area contributed by atoms with E-state index < -0.39 is 0 Å². The molecular weight excluding hydrogens is 530 g/mol. The molecule has 1 N–H and O–H groups in total. The molecule has 4 aromatic rings. The number of ether oxygens (including phenoxy) is 3. The Balaban J connectivity index is 1.01. The molecule has 2 aliphatic rings. The molecule has 9 nitrogen and oxygen atoms in total. The van der Waals surface area contributed by atoms with Gasteiger partial charge >= 0.3 is 0 Å². The van der Waals surface area contributed by atoms with Crippen molar-refractivity contribution < 1.29 is 19.0 Å². The van der Waals surface area contributed by atoms with Crippen molar-refractivity contribution >= 4 is 12.1 Å².